The summed E-state index contributed by atoms with van der Waals surface area (Å²) < 4.78 is 1.70. The molecule has 0 aliphatic carbocycles. The Morgan fingerprint density at radius 3 is 3.00 bits per heavy atom. The fraction of sp³-hybridized carbons (Fsp3) is 0.111. The lowest BCUT2D eigenvalue weighted by molar-refractivity contribution is -0.105. The first-order valence-electron chi connectivity index (χ1n) is 4.32. The van der Waals surface area contributed by atoms with Crippen LogP contribution < -0.4 is 5.32 Å². The molecule has 0 fully saturated rings. The highest BCUT2D eigenvalue weighted by atomic mass is 16.1. The van der Waals surface area contributed by atoms with Crippen molar-refractivity contribution in [1.29, 1.82) is 0 Å². The van der Waals surface area contributed by atoms with Crippen molar-refractivity contribution in [2.75, 3.05) is 5.32 Å². The standard InChI is InChI=1S/C9H9N5O/c1-14-8(2-3-13-14)7-4-9(12-6-15)11-5-10-7/h2-6H,1H3,(H,10,11,12,15). The van der Waals surface area contributed by atoms with Crippen LogP contribution in [0.4, 0.5) is 5.82 Å². The average molecular weight is 203 g/mol. The Labute approximate surface area is 86.0 Å². The largest absolute Gasteiger partial charge is 0.313 e. The van der Waals surface area contributed by atoms with Crippen LogP contribution in [0, 0.1) is 0 Å². The third-order valence-corrected chi connectivity index (χ3v) is 1.96. The van der Waals surface area contributed by atoms with E-state index in [0.29, 0.717) is 17.9 Å². The van der Waals surface area contributed by atoms with Gasteiger partial charge in [-0.1, -0.05) is 0 Å². The summed E-state index contributed by atoms with van der Waals surface area (Å²) in [5, 5.41) is 6.50. The Kier molecular flexibility index (Phi) is 2.40. The summed E-state index contributed by atoms with van der Waals surface area (Å²) in [6, 6.07) is 3.53. The fourth-order valence-electron chi connectivity index (χ4n) is 1.26. The van der Waals surface area contributed by atoms with Crippen molar-refractivity contribution < 1.29 is 4.79 Å². The highest BCUT2D eigenvalue weighted by Gasteiger charge is 2.04. The second kappa shape index (κ2) is 3.87. The van der Waals surface area contributed by atoms with Gasteiger partial charge in [0.15, 0.2) is 0 Å². The van der Waals surface area contributed by atoms with E-state index in [1.165, 1.54) is 6.33 Å². The zero-order valence-electron chi connectivity index (χ0n) is 8.08. The van der Waals surface area contributed by atoms with Gasteiger partial charge < -0.3 is 5.32 Å². The van der Waals surface area contributed by atoms with Crippen molar-refractivity contribution in [1.82, 2.24) is 19.7 Å². The summed E-state index contributed by atoms with van der Waals surface area (Å²) in [7, 11) is 1.82. The molecule has 6 heteroatoms. The van der Waals surface area contributed by atoms with Gasteiger partial charge in [0, 0.05) is 19.3 Å². The van der Waals surface area contributed by atoms with Gasteiger partial charge in [-0.3, -0.25) is 9.48 Å². The molecule has 0 saturated carbocycles. The van der Waals surface area contributed by atoms with Crippen LogP contribution >= 0.6 is 0 Å². The summed E-state index contributed by atoms with van der Waals surface area (Å²) in [4.78, 5) is 18.2. The van der Waals surface area contributed by atoms with E-state index >= 15 is 0 Å². The summed E-state index contributed by atoms with van der Waals surface area (Å²) >= 11 is 0. The molecule has 0 atom stereocenters. The van der Waals surface area contributed by atoms with E-state index < -0.39 is 0 Å². The molecule has 2 aromatic rings. The maximum Gasteiger partial charge on any atom is 0.212 e. The molecule has 76 valence electrons. The number of carbonyl (C=O) groups is 1. The number of amides is 1. The van der Waals surface area contributed by atoms with E-state index in [0.717, 1.165) is 5.69 Å². The Morgan fingerprint density at radius 1 is 1.47 bits per heavy atom. The van der Waals surface area contributed by atoms with Gasteiger partial charge in [-0.05, 0) is 6.07 Å². The lowest BCUT2D eigenvalue weighted by Crippen LogP contribution is -2.00. The van der Waals surface area contributed by atoms with E-state index in [1.807, 2.05) is 13.1 Å². The molecule has 6 nitrogen and oxygen atoms in total. The van der Waals surface area contributed by atoms with Gasteiger partial charge in [-0.25, -0.2) is 9.97 Å². The van der Waals surface area contributed by atoms with E-state index in [2.05, 4.69) is 20.4 Å². The molecule has 0 aromatic carbocycles. The molecule has 2 rings (SSSR count). The number of carbonyl (C=O) groups excluding carboxylic acids is 1. The van der Waals surface area contributed by atoms with Crippen LogP contribution in [0.2, 0.25) is 0 Å². The smallest absolute Gasteiger partial charge is 0.212 e. The summed E-state index contributed by atoms with van der Waals surface area (Å²) in [5.74, 6) is 0.469. The van der Waals surface area contributed by atoms with Crippen LogP contribution in [0.25, 0.3) is 11.4 Å². The number of nitrogens with zero attached hydrogens (tertiary/aromatic N) is 4. The minimum atomic E-state index is 0.469. The second-order valence-corrected chi connectivity index (χ2v) is 2.89. The molecular weight excluding hydrogens is 194 g/mol. The third kappa shape index (κ3) is 1.83. The number of nitrogens with one attached hydrogen (secondary N) is 1. The molecule has 2 heterocycles. The van der Waals surface area contributed by atoms with Gasteiger partial charge in [-0.2, -0.15) is 5.10 Å². The summed E-state index contributed by atoms with van der Waals surface area (Å²) in [5.41, 5.74) is 1.58. The van der Waals surface area contributed by atoms with Gasteiger partial charge in [0.1, 0.15) is 12.1 Å². The maximum atomic E-state index is 10.2. The molecule has 15 heavy (non-hydrogen) atoms. The van der Waals surface area contributed by atoms with E-state index in [9.17, 15) is 4.79 Å². The molecule has 0 spiro atoms. The summed E-state index contributed by atoms with van der Waals surface area (Å²) in [6.45, 7) is 0. The fourth-order valence-corrected chi connectivity index (χ4v) is 1.26. The Hall–Kier alpha value is -2.24. The lowest BCUT2D eigenvalue weighted by atomic mass is 10.3. The molecular formula is C9H9N5O. The Morgan fingerprint density at radius 2 is 2.33 bits per heavy atom. The van der Waals surface area contributed by atoms with E-state index in [1.54, 1.807) is 16.9 Å². The van der Waals surface area contributed by atoms with Crippen LogP contribution in [0.5, 0.6) is 0 Å². The predicted molar refractivity (Wildman–Crippen MR) is 53.9 cm³/mol. The first-order chi connectivity index (χ1) is 7.31. The number of hydrogen-bond acceptors (Lipinski definition) is 4. The number of aryl methyl sites for hydroxylation is 1. The van der Waals surface area contributed by atoms with Gasteiger partial charge in [0.25, 0.3) is 0 Å². The zero-order chi connectivity index (χ0) is 10.7. The minimum absolute atomic E-state index is 0.469. The normalized spacial score (nSPS) is 9.93. The molecule has 0 radical (unpaired) electrons. The van der Waals surface area contributed by atoms with Gasteiger partial charge in [0.05, 0.1) is 11.4 Å². The van der Waals surface area contributed by atoms with E-state index in [-0.39, 0.29) is 0 Å². The topological polar surface area (TPSA) is 72.7 Å². The van der Waals surface area contributed by atoms with Crippen LogP contribution in [-0.2, 0) is 11.8 Å². The second-order valence-electron chi connectivity index (χ2n) is 2.89. The number of anilines is 1. The predicted octanol–water partition coefficient (Wildman–Crippen LogP) is 0.445. The van der Waals surface area contributed by atoms with Crippen molar-refractivity contribution in [3.63, 3.8) is 0 Å². The van der Waals surface area contributed by atoms with Crippen LogP contribution in [0.3, 0.4) is 0 Å². The molecule has 1 amide bonds. The number of hydrogen-bond donors (Lipinski definition) is 1. The summed E-state index contributed by atoms with van der Waals surface area (Å²) in [6.07, 6.45) is 3.66. The molecule has 2 aromatic heterocycles. The third-order valence-electron chi connectivity index (χ3n) is 1.96. The lowest BCUT2D eigenvalue weighted by Gasteiger charge is -2.02. The monoisotopic (exact) mass is 203 g/mol. The molecule has 0 unspecified atom stereocenters. The first-order valence-corrected chi connectivity index (χ1v) is 4.32. The van der Waals surface area contributed by atoms with Crippen molar-refractivity contribution >= 4 is 12.2 Å². The van der Waals surface area contributed by atoms with Crippen molar-refractivity contribution in [3.8, 4) is 11.4 Å². The van der Waals surface area contributed by atoms with Crippen molar-refractivity contribution in [2.45, 2.75) is 0 Å². The Bertz CT molecular complexity index is 479. The highest BCUT2D eigenvalue weighted by Crippen LogP contribution is 2.16. The maximum absolute atomic E-state index is 10.2. The quantitative estimate of drug-likeness (QED) is 0.735. The number of aromatic nitrogens is 4. The van der Waals surface area contributed by atoms with Crippen LogP contribution in [-0.4, -0.2) is 26.2 Å². The molecule has 0 bridgehead atoms. The van der Waals surface area contributed by atoms with Gasteiger partial charge in [-0.15, -0.1) is 0 Å². The van der Waals surface area contributed by atoms with Crippen molar-refractivity contribution in [2.24, 2.45) is 7.05 Å². The zero-order valence-corrected chi connectivity index (χ0v) is 8.08. The van der Waals surface area contributed by atoms with Gasteiger partial charge >= 0.3 is 0 Å². The molecule has 1 N–H and O–H groups in total. The SMILES string of the molecule is Cn1nccc1-c1cc(NC=O)ncn1. The van der Waals surface area contributed by atoms with Gasteiger partial charge in [0.2, 0.25) is 6.41 Å². The highest BCUT2D eigenvalue weighted by molar-refractivity contribution is 5.71. The Balaban J connectivity index is 2.41. The van der Waals surface area contributed by atoms with E-state index in [4.69, 9.17) is 0 Å². The van der Waals surface area contributed by atoms with Crippen LogP contribution in [0.1, 0.15) is 0 Å². The van der Waals surface area contributed by atoms with Crippen LogP contribution in [0.15, 0.2) is 24.7 Å². The number of rotatable bonds is 3. The molecule has 0 aliphatic heterocycles. The van der Waals surface area contributed by atoms with Crippen molar-refractivity contribution in [3.05, 3.63) is 24.7 Å². The molecule has 0 saturated heterocycles. The first kappa shape index (κ1) is 9.32. The average Bonchev–Trinajstić information content (AvgIpc) is 2.65. The molecule has 0 aliphatic rings. The minimum Gasteiger partial charge on any atom is -0.313 e.